The number of rotatable bonds is 3. The van der Waals surface area contributed by atoms with Crippen LogP contribution in [0.4, 0.5) is 10.6 Å². The minimum atomic E-state index is -0.203. The van der Waals surface area contributed by atoms with Gasteiger partial charge in [0.1, 0.15) is 5.76 Å². The zero-order chi connectivity index (χ0) is 12.5. The number of carbonyl (C=O) groups is 1. The van der Waals surface area contributed by atoms with Crippen molar-refractivity contribution in [2.24, 2.45) is 0 Å². The van der Waals surface area contributed by atoms with Crippen LogP contribution in [0.1, 0.15) is 25.0 Å². The first-order valence-corrected chi connectivity index (χ1v) is 6.45. The van der Waals surface area contributed by atoms with E-state index in [2.05, 4.69) is 20.7 Å². The molecule has 0 bridgehead atoms. The van der Waals surface area contributed by atoms with Gasteiger partial charge in [-0.2, -0.15) is 0 Å². The van der Waals surface area contributed by atoms with E-state index in [9.17, 15) is 4.79 Å². The molecule has 1 aromatic heterocycles. The molecule has 98 valence electrons. The Morgan fingerprint density at radius 1 is 1.50 bits per heavy atom. The van der Waals surface area contributed by atoms with Crippen molar-refractivity contribution in [1.29, 1.82) is 0 Å². The van der Waals surface area contributed by atoms with Gasteiger partial charge < -0.3 is 9.84 Å². The van der Waals surface area contributed by atoms with E-state index in [0.29, 0.717) is 11.6 Å². The standard InChI is InChI=1S/C12H18N4O2/c1-8-6-11(15-18-8)14-12(17)13-9-4-5-16(7-9)10-2-3-10/h6,9-10H,2-5,7H2,1H3,(H2,13,14,15,17)/t9-/m0/s1. The molecule has 1 saturated carbocycles. The number of hydrogen-bond acceptors (Lipinski definition) is 4. The van der Waals surface area contributed by atoms with Crippen LogP contribution in [-0.4, -0.2) is 41.3 Å². The second-order valence-electron chi connectivity index (χ2n) is 5.13. The third-order valence-corrected chi connectivity index (χ3v) is 3.49. The Labute approximate surface area is 106 Å². The fraction of sp³-hybridized carbons (Fsp3) is 0.667. The molecular weight excluding hydrogens is 232 g/mol. The summed E-state index contributed by atoms with van der Waals surface area (Å²) in [5.74, 6) is 1.15. The topological polar surface area (TPSA) is 70.4 Å². The lowest BCUT2D eigenvalue weighted by atomic mass is 10.3. The fourth-order valence-corrected chi connectivity index (χ4v) is 2.44. The van der Waals surface area contributed by atoms with Gasteiger partial charge in [0.15, 0.2) is 5.82 Å². The fourth-order valence-electron chi connectivity index (χ4n) is 2.44. The molecule has 1 saturated heterocycles. The molecule has 0 radical (unpaired) electrons. The summed E-state index contributed by atoms with van der Waals surface area (Å²) in [5, 5.41) is 9.38. The number of nitrogens with one attached hydrogen (secondary N) is 2. The number of amides is 2. The molecule has 2 aliphatic rings. The van der Waals surface area contributed by atoms with Gasteiger partial charge in [0.25, 0.3) is 0 Å². The van der Waals surface area contributed by atoms with Gasteiger partial charge in [-0.05, 0) is 26.2 Å². The Bertz CT molecular complexity index is 441. The average molecular weight is 250 g/mol. The van der Waals surface area contributed by atoms with Crippen LogP contribution >= 0.6 is 0 Å². The van der Waals surface area contributed by atoms with Gasteiger partial charge in [-0.1, -0.05) is 5.16 Å². The molecule has 0 spiro atoms. The van der Waals surface area contributed by atoms with Crippen molar-refractivity contribution in [1.82, 2.24) is 15.4 Å². The third-order valence-electron chi connectivity index (χ3n) is 3.49. The molecule has 18 heavy (non-hydrogen) atoms. The highest BCUT2D eigenvalue weighted by atomic mass is 16.5. The maximum atomic E-state index is 11.7. The van der Waals surface area contributed by atoms with Crippen molar-refractivity contribution in [3.05, 3.63) is 11.8 Å². The van der Waals surface area contributed by atoms with Crippen LogP contribution in [-0.2, 0) is 0 Å². The molecule has 1 aliphatic heterocycles. The molecule has 2 N–H and O–H groups in total. The van der Waals surface area contributed by atoms with Crippen molar-refractivity contribution in [3.63, 3.8) is 0 Å². The average Bonchev–Trinajstić information content (AvgIpc) is 2.95. The van der Waals surface area contributed by atoms with Crippen molar-refractivity contribution in [3.8, 4) is 0 Å². The summed E-state index contributed by atoms with van der Waals surface area (Å²) in [6.07, 6.45) is 3.66. The summed E-state index contributed by atoms with van der Waals surface area (Å²) in [5.41, 5.74) is 0. The van der Waals surface area contributed by atoms with Gasteiger partial charge in [0, 0.05) is 31.2 Å². The van der Waals surface area contributed by atoms with Crippen LogP contribution < -0.4 is 10.6 Å². The molecule has 0 aromatic carbocycles. The van der Waals surface area contributed by atoms with E-state index in [0.717, 1.165) is 25.6 Å². The van der Waals surface area contributed by atoms with E-state index in [1.807, 2.05) is 0 Å². The van der Waals surface area contributed by atoms with Crippen LogP contribution in [0.2, 0.25) is 0 Å². The predicted octanol–water partition coefficient (Wildman–Crippen LogP) is 1.34. The lowest BCUT2D eigenvalue weighted by Gasteiger charge is -2.15. The highest BCUT2D eigenvalue weighted by Crippen LogP contribution is 2.29. The molecule has 2 fully saturated rings. The predicted molar refractivity (Wildman–Crippen MR) is 66.4 cm³/mol. The number of likely N-dealkylation sites (tertiary alicyclic amines) is 1. The molecule has 3 rings (SSSR count). The van der Waals surface area contributed by atoms with E-state index < -0.39 is 0 Å². The second-order valence-corrected chi connectivity index (χ2v) is 5.13. The van der Waals surface area contributed by atoms with E-state index in [-0.39, 0.29) is 12.1 Å². The number of aryl methyl sites for hydroxylation is 1. The van der Waals surface area contributed by atoms with Crippen LogP contribution in [0.25, 0.3) is 0 Å². The van der Waals surface area contributed by atoms with E-state index in [1.165, 1.54) is 12.8 Å². The Morgan fingerprint density at radius 3 is 3.00 bits per heavy atom. The quantitative estimate of drug-likeness (QED) is 0.849. The minimum absolute atomic E-state index is 0.203. The Morgan fingerprint density at radius 2 is 2.33 bits per heavy atom. The van der Waals surface area contributed by atoms with Gasteiger partial charge in [-0.3, -0.25) is 10.2 Å². The van der Waals surface area contributed by atoms with Gasteiger partial charge in [-0.25, -0.2) is 4.79 Å². The van der Waals surface area contributed by atoms with Crippen molar-refractivity contribution >= 4 is 11.8 Å². The summed E-state index contributed by atoms with van der Waals surface area (Å²) in [6, 6.07) is 2.52. The Hall–Kier alpha value is -1.56. The van der Waals surface area contributed by atoms with Crippen molar-refractivity contribution in [2.75, 3.05) is 18.4 Å². The minimum Gasteiger partial charge on any atom is -0.360 e. The summed E-state index contributed by atoms with van der Waals surface area (Å²) in [6.45, 7) is 3.86. The van der Waals surface area contributed by atoms with Gasteiger partial charge in [0.05, 0.1) is 0 Å². The van der Waals surface area contributed by atoms with Crippen LogP contribution in [0.5, 0.6) is 0 Å². The summed E-state index contributed by atoms with van der Waals surface area (Å²) in [4.78, 5) is 14.2. The number of urea groups is 1. The number of anilines is 1. The first-order chi connectivity index (χ1) is 8.70. The zero-order valence-electron chi connectivity index (χ0n) is 10.5. The normalized spacial score (nSPS) is 24.2. The lowest BCUT2D eigenvalue weighted by Crippen LogP contribution is -2.40. The van der Waals surface area contributed by atoms with Gasteiger partial charge in [-0.15, -0.1) is 0 Å². The summed E-state index contributed by atoms with van der Waals surface area (Å²) in [7, 11) is 0. The third kappa shape index (κ3) is 2.64. The lowest BCUT2D eigenvalue weighted by molar-refractivity contribution is 0.247. The molecular formula is C12H18N4O2. The number of nitrogens with zero attached hydrogens (tertiary/aromatic N) is 2. The first kappa shape index (κ1) is 11.5. The van der Waals surface area contributed by atoms with Crippen LogP contribution in [0.15, 0.2) is 10.6 Å². The molecule has 6 heteroatoms. The van der Waals surface area contributed by atoms with Crippen LogP contribution in [0.3, 0.4) is 0 Å². The second kappa shape index (κ2) is 4.61. The van der Waals surface area contributed by atoms with Crippen molar-refractivity contribution in [2.45, 2.75) is 38.3 Å². The van der Waals surface area contributed by atoms with Gasteiger partial charge >= 0.3 is 6.03 Å². The smallest absolute Gasteiger partial charge is 0.320 e. The number of carbonyl (C=O) groups excluding carboxylic acids is 1. The monoisotopic (exact) mass is 250 g/mol. The maximum Gasteiger partial charge on any atom is 0.320 e. The highest BCUT2D eigenvalue weighted by Gasteiger charge is 2.34. The summed E-state index contributed by atoms with van der Waals surface area (Å²) < 4.78 is 4.89. The molecule has 2 heterocycles. The zero-order valence-corrected chi connectivity index (χ0v) is 10.5. The largest absolute Gasteiger partial charge is 0.360 e. The Kier molecular flexibility index (Phi) is 2.95. The SMILES string of the molecule is Cc1cc(NC(=O)N[C@H]2CCN(C3CC3)C2)no1. The number of hydrogen-bond donors (Lipinski definition) is 2. The van der Waals surface area contributed by atoms with E-state index in [1.54, 1.807) is 13.0 Å². The van der Waals surface area contributed by atoms with Gasteiger partial charge in [0.2, 0.25) is 0 Å². The molecule has 1 atom stereocenters. The summed E-state index contributed by atoms with van der Waals surface area (Å²) >= 11 is 0. The van der Waals surface area contributed by atoms with E-state index >= 15 is 0 Å². The maximum absolute atomic E-state index is 11.7. The van der Waals surface area contributed by atoms with Crippen LogP contribution in [0, 0.1) is 6.92 Å². The Balaban J connectivity index is 1.46. The highest BCUT2D eigenvalue weighted by molar-refractivity contribution is 5.88. The number of aromatic nitrogens is 1. The molecule has 0 unspecified atom stereocenters. The van der Waals surface area contributed by atoms with E-state index in [4.69, 9.17) is 4.52 Å². The molecule has 1 aromatic rings. The molecule has 2 amide bonds. The molecule has 6 nitrogen and oxygen atoms in total. The first-order valence-electron chi connectivity index (χ1n) is 6.45. The van der Waals surface area contributed by atoms with Crippen molar-refractivity contribution < 1.29 is 9.32 Å². The molecule has 1 aliphatic carbocycles.